The Morgan fingerprint density at radius 1 is 1.11 bits per heavy atom. The average Bonchev–Trinajstić information content (AvgIpc) is 3.13. The number of pyridine rings is 1. The summed E-state index contributed by atoms with van der Waals surface area (Å²) >= 11 is 0. The Kier molecular flexibility index (Phi) is 4.68. The summed E-state index contributed by atoms with van der Waals surface area (Å²) in [6.45, 7) is 1.85. The molecule has 4 rings (SSSR count). The number of hydrogen-bond donors (Lipinski definition) is 2. The molecule has 0 atom stereocenters. The molecule has 2 aromatic heterocycles. The van der Waals surface area contributed by atoms with E-state index in [4.69, 9.17) is 10.5 Å². The predicted molar refractivity (Wildman–Crippen MR) is 110 cm³/mol. The van der Waals surface area contributed by atoms with E-state index in [1.165, 1.54) is 0 Å². The van der Waals surface area contributed by atoms with Crippen LogP contribution < -0.4 is 15.8 Å². The Bertz CT molecular complexity index is 1130. The van der Waals surface area contributed by atoms with Crippen molar-refractivity contribution in [3.8, 4) is 17.0 Å². The second kappa shape index (κ2) is 7.44. The molecule has 0 radical (unpaired) electrons. The molecule has 6 nitrogen and oxygen atoms in total. The van der Waals surface area contributed by atoms with E-state index >= 15 is 0 Å². The first-order valence-corrected chi connectivity index (χ1v) is 8.92. The van der Waals surface area contributed by atoms with Crippen molar-refractivity contribution in [1.82, 2.24) is 9.38 Å². The molecule has 0 aliphatic heterocycles. The van der Waals surface area contributed by atoms with Crippen LogP contribution in [0.3, 0.4) is 0 Å². The number of nitrogen functional groups attached to an aromatic ring is 1. The van der Waals surface area contributed by atoms with E-state index in [-0.39, 0.29) is 12.5 Å². The molecule has 0 spiro atoms. The number of carbonyl (C=O) groups is 1. The van der Waals surface area contributed by atoms with Crippen molar-refractivity contribution in [3.63, 3.8) is 0 Å². The molecule has 3 N–H and O–H groups in total. The van der Waals surface area contributed by atoms with Crippen LogP contribution in [0.1, 0.15) is 5.56 Å². The quantitative estimate of drug-likeness (QED) is 0.521. The van der Waals surface area contributed by atoms with Gasteiger partial charge in [0.25, 0.3) is 5.91 Å². The molecule has 0 saturated carbocycles. The molecule has 2 aromatic carbocycles. The minimum absolute atomic E-state index is 0.0991. The van der Waals surface area contributed by atoms with Gasteiger partial charge in [-0.3, -0.25) is 4.79 Å². The highest BCUT2D eigenvalue weighted by atomic mass is 16.5. The van der Waals surface area contributed by atoms with Gasteiger partial charge < -0.3 is 20.2 Å². The molecule has 0 saturated heterocycles. The standard InChI is InChI=1S/C22H20N4O2/c1-15-5-2-3-6-18(15)24-21(27)14-28-20-7-4-12-26-13-19(25-22(20)26)16-8-10-17(23)11-9-16/h2-13H,14,23H2,1H3,(H,24,27). The normalized spacial score (nSPS) is 10.8. The van der Waals surface area contributed by atoms with E-state index < -0.39 is 0 Å². The molecule has 28 heavy (non-hydrogen) atoms. The number of nitrogens with zero attached hydrogens (tertiary/aromatic N) is 2. The molecule has 0 aliphatic carbocycles. The number of hydrogen-bond acceptors (Lipinski definition) is 4. The number of aryl methyl sites for hydroxylation is 1. The van der Waals surface area contributed by atoms with Gasteiger partial charge in [0.1, 0.15) is 0 Å². The number of para-hydroxylation sites is 1. The Labute approximate surface area is 162 Å². The maximum atomic E-state index is 12.3. The highest BCUT2D eigenvalue weighted by molar-refractivity contribution is 5.92. The van der Waals surface area contributed by atoms with Crippen LogP contribution in [-0.2, 0) is 4.79 Å². The smallest absolute Gasteiger partial charge is 0.262 e. The molecule has 4 aromatic rings. The lowest BCUT2D eigenvalue weighted by molar-refractivity contribution is -0.118. The molecular weight excluding hydrogens is 352 g/mol. The van der Waals surface area contributed by atoms with Crippen LogP contribution in [-0.4, -0.2) is 21.9 Å². The van der Waals surface area contributed by atoms with Crippen LogP contribution in [0, 0.1) is 6.92 Å². The second-order valence-corrected chi connectivity index (χ2v) is 6.50. The third kappa shape index (κ3) is 3.66. The van der Waals surface area contributed by atoms with Crippen molar-refractivity contribution in [2.75, 3.05) is 17.7 Å². The number of benzene rings is 2. The number of rotatable bonds is 5. The van der Waals surface area contributed by atoms with Crippen LogP contribution in [0.2, 0.25) is 0 Å². The Morgan fingerprint density at radius 3 is 2.68 bits per heavy atom. The number of anilines is 2. The maximum absolute atomic E-state index is 12.3. The van der Waals surface area contributed by atoms with E-state index in [0.717, 1.165) is 22.5 Å². The summed E-state index contributed by atoms with van der Waals surface area (Å²) in [7, 11) is 0. The minimum Gasteiger partial charge on any atom is -0.480 e. The fourth-order valence-electron chi connectivity index (χ4n) is 2.94. The van der Waals surface area contributed by atoms with Gasteiger partial charge in [0.15, 0.2) is 18.0 Å². The van der Waals surface area contributed by atoms with Gasteiger partial charge in [0.05, 0.1) is 5.69 Å². The number of carbonyl (C=O) groups excluding carboxylic acids is 1. The number of imidazole rings is 1. The van der Waals surface area contributed by atoms with Crippen LogP contribution >= 0.6 is 0 Å². The molecule has 0 bridgehead atoms. The monoisotopic (exact) mass is 372 g/mol. The number of nitrogens with two attached hydrogens (primary N) is 1. The van der Waals surface area contributed by atoms with Gasteiger partial charge in [0, 0.05) is 29.3 Å². The average molecular weight is 372 g/mol. The van der Waals surface area contributed by atoms with Crippen LogP contribution in [0.25, 0.3) is 16.9 Å². The van der Waals surface area contributed by atoms with E-state index in [2.05, 4.69) is 10.3 Å². The van der Waals surface area contributed by atoms with Crippen molar-refractivity contribution >= 4 is 22.9 Å². The van der Waals surface area contributed by atoms with Crippen molar-refractivity contribution in [3.05, 3.63) is 78.6 Å². The molecule has 6 heteroatoms. The molecular formula is C22H20N4O2. The molecule has 140 valence electrons. The van der Waals surface area contributed by atoms with E-state index in [1.54, 1.807) is 6.07 Å². The summed E-state index contributed by atoms with van der Waals surface area (Å²) in [5.74, 6) is 0.325. The van der Waals surface area contributed by atoms with Crippen molar-refractivity contribution < 1.29 is 9.53 Å². The van der Waals surface area contributed by atoms with E-state index in [0.29, 0.717) is 17.1 Å². The van der Waals surface area contributed by atoms with Gasteiger partial charge >= 0.3 is 0 Å². The Balaban J connectivity index is 1.51. The fourth-order valence-corrected chi connectivity index (χ4v) is 2.94. The third-order valence-electron chi connectivity index (χ3n) is 4.43. The zero-order valence-electron chi connectivity index (χ0n) is 15.4. The van der Waals surface area contributed by atoms with Gasteiger partial charge in [-0.2, -0.15) is 0 Å². The Morgan fingerprint density at radius 2 is 1.89 bits per heavy atom. The van der Waals surface area contributed by atoms with Crippen LogP contribution in [0.5, 0.6) is 5.75 Å². The summed E-state index contributed by atoms with van der Waals surface area (Å²) < 4.78 is 7.62. The fraction of sp³-hybridized carbons (Fsp3) is 0.0909. The summed E-state index contributed by atoms with van der Waals surface area (Å²) in [6.07, 6.45) is 3.81. The zero-order valence-corrected chi connectivity index (χ0v) is 15.4. The van der Waals surface area contributed by atoms with Gasteiger partial charge in [-0.1, -0.05) is 30.3 Å². The first-order chi connectivity index (χ1) is 13.6. The van der Waals surface area contributed by atoms with Crippen molar-refractivity contribution in [2.45, 2.75) is 6.92 Å². The van der Waals surface area contributed by atoms with E-state index in [1.807, 2.05) is 78.3 Å². The molecule has 2 heterocycles. The lowest BCUT2D eigenvalue weighted by Crippen LogP contribution is -2.20. The minimum atomic E-state index is -0.221. The highest BCUT2D eigenvalue weighted by Crippen LogP contribution is 2.25. The molecule has 1 amide bonds. The molecule has 0 aliphatic rings. The number of fused-ring (bicyclic) bond motifs is 1. The summed E-state index contributed by atoms with van der Waals surface area (Å²) in [4.78, 5) is 16.9. The topological polar surface area (TPSA) is 81.6 Å². The zero-order chi connectivity index (χ0) is 19.5. The molecule has 0 unspecified atom stereocenters. The summed E-state index contributed by atoms with van der Waals surface area (Å²) in [5, 5.41) is 2.86. The number of amides is 1. The van der Waals surface area contributed by atoms with Gasteiger partial charge in [0.2, 0.25) is 0 Å². The maximum Gasteiger partial charge on any atom is 0.262 e. The van der Waals surface area contributed by atoms with Gasteiger partial charge in [-0.15, -0.1) is 0 Å². The first kappa shape index (κ1) is 17.6. The first-order valence-electron chi connectivity index (χ1n) is 8.92. The van der Waals surface area contributed by atoms with Crippen LogP contribution in [0.15, 0.2) is 73.1 Å². The summed E-state index contributed by atoms with van der Waals surface area (Å²) in [6, 6.07) is 18.8. The largest absolute Gasteiger partial charge is 0.480 e. The number of ether oxygens (including phenoxy) is 1. The van der Waals surface area contributed by atoms with E-state index in [9.17, 15) is 4.79 Å². The third-order valence-corrected chi connectivity index (χ3v) is 4.43. The van der Waals surface area contributed by atoms with Crippen molar-refractivity contribution in [2.24, 2.45) is 0 Å². The van der Waals surface area contributed by atoms with Crippen LogP contribution in [0.4, 0.5) is 11.4 Å². The lowest BCUT2D eigenvalue weighted by Gasteiger charge is -2.09. The summed E-state index contributed by atoms with van der Waals surface area (Å²) in [5.41, 5.74) is 10.7. The lowest BCUT2D eigenvalue weighted by atomic mass is 10.1. The van der Waals surface area contributed by atoms with Gasteiger partial charge in [-0.25, -0.2) is 4.98 Å². The predicted octanol–water partition coefficient (Wildman–Crippen LogP) is 3.91. The molecule has 0 fully saturated rings. The highest BCUT2D eigenvalue weighted by Gasteiger charge is 2.11. The number of nitrogens with one attached hydrogen (secondary N) is 1. The SMILES string of the molecule is Cc1ccccc1NC(=O)COc1cccn2cc(-c3ccc(N)cc3)nc12. The second-order valence-electron chi connectivity index (χ2n) is 6.50. The number of aromatic nitrogens is 2. The Hall–Kier alpha value is -3.80. The van der Waals surface area contributed by atoms with Gasteiger partial charge in [-0.05, 0) is 42.8 Å². The van der Waals surface area contributed by atoms with Crippen molar-refractivity contribution in [1.29, 1.82) is 0 Å².